The fourth-order valence-electron chi connectivity index (χ4n) is 2.86. The minimum atomic E-state index is -0.467. The number of nitrogens with one attached hydrogen (secondary N) is 1. The van der Waals surface area contributed by atoms with Gasteiger partial charge in [-0.25, -0.2) is 0 Å². The monoisotopic (exact) mass is 451 g/mol. The zero-order valence-electron chi connectivity index (χ0n) is 17.6. The Balaban J connectivity index is 1.71. The summed E-state index contributed by atoms with van der Waals surface area (Å²) in [6.45, 7) is 1.62. The van der Waals surface area contributed by atoms with Crippen molar-refractivity contribution in [1.29, 1.82) is 0 Å². The maximum atomic E-state index is 12.5. The third-order valence-corrected chi connectivity index (χ3v) is 4.62. The van der Waals surface area contributed by atoms with E-state index in [1.165, 1.54) is 20.1 Å². The second kappa shape index (κ2) is 11.0. The number of rotatable bonds is 8. The summed E-state index contributed by atoms with van der Waals surface area (Å²) >= 11 is 6.29. The molecule has 3 aromatic carbocycles. The van der Waals surface area contributed by atoms with E-state index in [9.17, 15) is 9.59 Å². The van der Waals surface area contributed by atoms with Crippen molar-refractivity contribution >= 4 is 35.2 Å². The smallest absolute Gasteiger partial charge is 0.308 e. The fraction of sp³-hybridized carbons (Fsp3) is 0.120. The molecule has 0 bridgehead atoms. The van der Waals surface area contributed by atoms with Crippen LogP contribution in [0, 0.1) is 0 Å². The zero-order valence-corrected chi connectivity index (χ0v) is 18.4. The van der Waals surface area contributed by atoms with E-state index in [2.05, 4.69) is 5.32 Å². The molecule has 0 aliphatic heterocycles. The molecule has 7 heteroatoms. The SMILES string of the molecule is COc1ccc(/C=C/C(=O)Nc2cccc(Cl)c2OCc2ccccc2)cc1OC(C)=O. The van der Waals surface area contributed by atoms with E-state index in [1.807, 2.05) is 30.3 Å². The Labute approximate surface area is 191 Å². The van der Waals surface area contributed by atoms with E-state index < -0.39 is 5.97 Å². The molecule has 0 heterocycles. The molecule has 1 amide bonds. The molecule has 0 unspecified atom stereocenters. The van der Waals surface area contributed by atoms with Gasteiger partial charge in [0.15, 0.2) is 17.2 Å². The first-order valence-electron chi connectivity index (χ1n) is 9.77. The molecule has 0 saturated heterocycles. The molecule has 0 spiro atoms. The first-order chi connectivity index (χ1) is 15.5. The number of halogens is 1. The number of anilines is 1. The van der Waals surface area contributed by atoms with Crippen LogP contribution in [-0.2, 0) is 16.2 Å². The van der Waals surface area contributed by atoms with Crippen LogP contribution in [0.25, 0.3) is 6.08 Å². The lowest BCUT2D eigenvalue weighted by atomic mass is 10.2. The Kier molecular flexibility index (Phi) is 7.89. The second-order valence-electron chi connectivity index (χ2n) is 6.72. The molecular weight excluding hydrogens is 430 g/mol. The number of carbonyl (C=O) groups is 2. The number of hydrogen-bond acceptors (Lipinski definition) is 5. The summed E-state index contributed by atoms with van der Waals surface area (Å²) in [7, 11) is 1.48. The van der Waals surface area contributed by atoms with E-state index in [1.54, 1.807) is 42.5 Å². The molecule has 0 aliphatic rings. The third-order valence-electron chi connectivity index (χ3n) is 4.32. The number of amides is 1. The first-order valence-corrected chi connectivity index (χ1v) is 10.1. The Bertz CT molecular complexity index is 1130. The Morgan fingerprint density at radius 1 is 1.00 bits per heavy atom. The number of hydrogen-bond donors (Lipinski definition) is 1. The average molecular weight is 452 g/mol. The van der Waals surface area contributed by atoms with Crippen LogP contribution in [-0.4, -0.2) is 19.0 Å². The van der Waals surface area contributed by atoms with Crippen LogP contribution in [0.4, 0.5) is 5.69 Å². The normalized spacial score (nSPS) is 10.6. The number of benzene rings is 3. The van der Waals surface area contributed by atoms with Crippen LogP contribution in [0.5, 0.6) is 17.2 Å². The van der Waals surface area contributed by atoms with Gasteiger partial charge in [0.05, 0.1) is 17.8 Å². The van der Waals surface area contributed by atoms with Crippen LogP contribution in [0.3, 0.4) is 0 Å². The summed E-state index contributed by atoms with van der Waals surface area (Å²) in [6, 6.07) is 19.8. The highest BCUT2D eigenvalue weighted by molar-refractivity contribution is 6.32. The number of esters is 1. The maximum Gasteiger partial charge on any atom is 0.308 e. The van der Waals surface area contributed by atoms with Crippen molar-refractivity contribution < 1.29 is 23.8 Å². The molecule has 6 nitrogen and oxygen atoms in total. The summed E-state index contributed by atoms with van der Waals surface area (Å²) in [6.07, 6.45) is 2.96. The lowest BCUT2D eigenvalue weighted by molar-refractivity contribution is -0.132. The van der Waals surface area contributed by atoms with Gasteiger partial charge in [-0.2, -0.15) is 0 Å². The number of para-hydroxylation sites is 1. The van der Waals surface area contributed by atoms with Crippen LogP contribution < -0.4 is 19.5 Å². The molecule has 3 aromatic rings. The second-order valence-corrected chi connectivity index (χ2v) is 7.12. The third kappa shape index (κ3) is 6.36. The zero-order chi connectivity index (χ0) is 22.9. The topological polar surface area (TPSA) is 73.9 Å². The largest absolute Gasteiger partial charge is 0.493 e. The van der Waals surface area contributed by atoms with Gasteiger partial charge in [-0.1, -0.05) is 54.1 Å². The van der Waals surface area contributed by atoms with Gasteiger partial charge in [-0.3, -0.25) is 9.59 Å². The van der Waals surface area contributed by atoms with Gasteiger partial charge in [0.25, 0.3) is 0 Å². The number of ether oxygens (including phenoxy) is 3. The highest BCUT2D eigenvalue weighted by atomic mass is 35.5. The minimum absolute atomic E-state index is 0.272. The predicted octanol–water partition coefficient (Wildman–Crippen LogP) is 5.50. The van der Waals surface area contributed by atoms with Crippen LogP contribution in [0.2, 0.25) is 5.02 Å². The van der Waals surface area contributed by atoms with E-state index in [0.717, 1.165) is 5.56 Å². The van der Waals surface area contributed by atoms with Gasteiger partial charge in [0, 0.05) is 13.0 Å². The van der Waals surface area contributed by atoms with Crippen molar-refractivity contribution in [2.75, 3.05) is 12.4 Å². The molecule has 3 rings (SSSR count). The van der Waals surface area contributed by atoms with Crippen molar-refractivity contribution in [2.24, 2.45) is 0 Å². The minimum Gasteiger partial charge on any atom is -0.493 e. The summed E-state index contributed by atoms with van der Waals surface area (Å²) in [5.74, 6) is 0.240. The molecule has 0 saturated carbocycles. The van der Waals surface area contributed by atoms with E-state index in [0.29, 0.717) is 34.4 Å². The molecule has 0 aromatic heterocycles. The molecule has 0 atom stereocenters. The van der Waals surface area contributed by atoms with E-state index >= 15 is 0 Å². The summed E-state index contributed by atoms with van der Waals surface area (Å²) in [5.41, 5.74) is 2.09. The van der Waals surface area contributed by atoms with Gasteiger partial charge in [-0.15, -0.1) is 0 Å². The number of carbonyl (C=O) groups excluding carboxylic acids is 2. The van der Waals surface area contributed by atoms with Gasteiger partial charge in [0.2, 0.25) is 5.91 Å². The van der Waals surface area contributed by atoms with Gasteiger partial charge in [-0.05, 0) is 41.5 Å². The molecule has 1 N–H and O–H groups in total. The standard InChI is InChI=1S/C25H22ClNO5/c1-17(28)32-23-15-18(11-13-22(23)30-2)12-14-24(29)27-21-10-6-9-20(26)25(21)31-16-19-7-4-3-5-8-19/h3-15H,16H2,1-2H3,(H,27,29)/b14-12+. The summed E-state index contributed by atoms with van der Waals surface area (Å²) in [4.78, 5) is 23.8. The Hall–Kier alpha value is -3.77. The first kappa shape index (κ1) is 22.9. The van der Waals surface area contributed by atoms with Crippen LogP contribution in [0.1, 0.15) is 18.1 Å². The van der Waals surface area contributed by atoms with Crippen molar-refractivity contribution in [3.05, 3.63) is 89.0 Å². The highest BCUT2D eigenvalue weighted by Gasteiger charge is 2.11. The van der Waals surface area contributed by atoms with Gasteiger partial charge >= 0.3 is 5.97 Å². The predicted molar refractivity (Wildman–Crippen MR) is 124 cm³/mol. The van der Waals surface area contributed by atoms with Crippen molar-refractivity contribution in [3.63, 3.8) is 0 Å². The lowest BCUT2D eigenvalue weighted by Crippen LogP contribution is -2.10. The maximum absolute atomic E-state index is 12.5. The van der Waals surface area contributed by atoms with Crippen LogP contribution >= 0.6 is 11.6 Å². The molecule has 164 valence electrons. The summed E-state index contributed by atoms with van der Waals surface area (Å²) in [5, 5.41) is 3.17. The highest BCUT2D eigenvalue weighted by Crippen LogP contribution is 2.34. The number of methoxy groups -OCH3 is 1. The van der Waals surface area contributed by atoms with Crippen LogP contribution in [0.15, 0.2) is 72.8 Å². The van der Waals surface area contributed by atoms with Crippen molar-refractivity contribution in [3.8, 4) is 17.2 Å². The Morgan fingerprint density at radius 2 is 1.78 bits per heavy atom. The van der Waals surface area contributed by atoms with Gasteiger partial charge in [0.1, 0.15) is 6.61 Å². The quantitative estimate of drug-likeness (QED) is 0.278. The van der Waals surface area contributed by atoms with Gasteiger partial charge < -0.3 is 19.5 Å². The molecule has 0 fully saturated rings. The molecule has 0 aliphatic carbocycles. The fourth-order valence-corrected chi connectivity index (χ4v) is 3.09. The van der Waals surface area contributed by atoms with E-state index in [4.69, 9.17) is 25.8 Å². The van der Waals surface area contributed by atoms with Crippen molar-refractivity contribution in [2.45, 2.75) is 13.5 Å². The molecular formula is C25H22ClNO5. The van der Waals surface area contributed by atoms with E-state index in [-0.39, 0.29) is 11.7 Å². The average Bonchev–Trinajstić information content (AvgIpc) is 2.78. The van der Waals surface area contributed by atoms with Crippen molar-refractivity contribution in [1.82, 2.24) is 0 Å². The molecule has 0 radical (unpaired) electrons. The lowest BCUT2D eigenvalue weighted by Gasteiger charge is -2.13. The molecule has 32 heavy (non-hydrogen) atoms. The Morgan fingerprint density at radius 3 is 2.50 bits per heavy atom. The summed E-state index contributed by atoms with van der Waals surface area (Å²) < 4.78 is 16.2.